The number of amides is 1. The predicted molar refractivity (Wildman–Crippen MR) is 144 cm³/mol. The second-order valence-electron chi connectivity index (χ2n) is 9.09. The van der Waals surface area contributed by atoms with Crippen molar-refractivity contribution in [1.29, 1.82) is 0 Å². The highest BCUT2D eigenvalue weighted by molar-refractivity contribution is 7.22. The van der Waals surface area contributed by atoms with Gasteiger partial charge in [-0.1, -0.05) is 72.0 Å². The summed E-state index contributed by atoms with van der Waals surface area (Å²) in [6.07, 6.45) is 0. The van der Waals surface area contributed by atoms with Crippen LogP contribution in [0, 0.1) is 13.8 Å². The van der Waals surface area contributed by atoms with Crippen LogP contribution in [0.2, 0.25) is 0 Å². The summed E-state index contributed by atoms with van der Waals surface area (Å²) in [6.45, 7) is 7.15. The lowest BCUT2D eigenvalue weighted by Gasteiger charge is -2.34. The molecule has 1 saturated heterocycles. The summed E-state index contributed by atoms with van der Waals surface area (Å²) in [5.74, 6) is 0.0661. The Kier molecular flexibility index (Phi) is 5.46. The highest BCUT2D eigenvalue weighted by atomic mass is 32.1. The van der Waals surface area contributed by atoms with Crippen molar-refractivity contribution in [3.8, 4) is 11.3 Å². The average molecular weight is 479 g/mol. The van der Waals surface area contributed by atoms with Crippen molar-refractivity contribution in [3.05, 3.63) is 89.5 Å². The first kappa shape index (κ1) is 21.7. The van der Waals surface area contributed by atoms with Crippen LogP contribution in [0.25, 0.3) is 32.4 Å². The maximum atomic E-state index is 13.7. The summed E-state index contributed by atoms with van der Waals surface area (Å²) in [5, 5.41) is 1.95. The zero-order chi connectivity index (χ0) is 23.9. The first-order valence-corrected chi connectivity index (χ1v) is 12.8. The largest absolute Gasteiger partial charge is 0.345 e. The first-order chi connectivity index (χ1) is 17.1. The highest BCUT2D eigenvalue weighted by Gasteiger charge is 2.26. The third kappa shape index (κ3) is 3.94. The monoisotopic (exact) mass is 478 g/mol. The summed E-state index contributed by atoms with van der Waals surface area (Å²) >= 11 is 1.76. The third-order valence-electron chi connectivity index (χ3n) is 6.78. The van der Waals surface area contributed by atoms with Gasteiger partial charge in [-0.15, -0.1) is 0 Å². The Balaban J connectivity index is 1.27. The quantitative estimate of drug-likeness (QED) is 0.315. The molecule has 1 aliphatic heterocycles. The van der Waals surface area contributed by atoms with Crippen molar-refractivity contribution in [2.24, 2.45) is 0 Å². The van der Waals surface area contributed by atoms with E-state index in [1.54, 1.807) is 11.3 Å². The van der Waals surface area contributed by atoms with Crippen LogP contribution >= 0.6 is 11.3 Å². The van der Waals surface area contributed by atoms with Crippen LogP contribution in [-0.2, 0) is 0 Å². The van der Waals surface area contributed by atoms with Crippen molar-refractivity contribution < 1.29 is 4.79 Å². The summed E-state index contributed by atoms with van der Waals surface area (Å²) in [5.41, 5.74) is 6.97. The molecule has 0 saturated carbocycles. The molecule has 0 radical (unpaired) electrons. The average Bonchev–Trinajstić information content (AvgIpc) is 3.37. The second-order valence-corrected chi connectivity index (χ2v) is 10.1. The van der Waals surface area contributed by atoms with Crippen LogP contribution in [-0.4, -0.2) is 47.0 Å². The topological polar surface area (TPSA) is 49.3 Å². The fourth-order valence-corrected chi connectivity index (χ4v) is 5.93. The SMILES string of the molecule is Cc1ccc(C)c2sc(N3CCN(C(=O)c4cc(-c5ccccc5)nc5ccccc45)CC3)nc12. The van der Waals surface area contributed by atoms with Gasteiger partial charge in [-0.25, -0.2) is 9.97 Å². The molecule has 0 aliphatic carbocycles. The molecule has 6 heteroatoms. The van der Waals surface area contributed by atoms with Gasteiger partial charge < -0.3 is 9.80 Å². The fraction of sp³-hybridized carbons (Fsp3) is 0.207. The first-order valence-electron chi connectivity index (χ1n) is 11.9. The third-order valence-corrected chi connectivity index (χ3v) is 8.04. The van der Waals surface area contributed by atoms with Gasteiger partial charge in [0, 0.05) is 37.1 Å². The van der Waals surface area contributed by atoms with Crippen molar-refractivity contribution >= 4 is 43.5 Å². The molecule has 0 bridgehead atoms. The molecule has 0 unspecified atom stereocenters. The zero-order valence-corrected chi connectivity index (χ0v) is 20.7. The smallest absolute Gasteiger partial charge is 0.254 e. The minimum atomic E-state index is 0.0661. The van der Waals surface area contributed by atoms with Gasteiger partial charge in [0.1, 0.15) is 0 Å². The van der Waals surface area contributed by atoms with E-state index in [9.17, 15) is 4.79 Å². The molecule has 1 amide bonds. The van der Waals surface area contributed by atoms with Gasteiger partial charge in [-0.3, -0.25) is 4.79 Å². The maximum Gasteiger partial charge on any atom is 0.254 e. The number of hydrogen-bond acceptors (Lipinski definition) is 5. The molecule has 35 heavy (non-hydrogen) atoms. The molecule has 5 aromatic rings. The van der Waals surface area contributed by atoms with Crippen molar-refractivity contribution in [2.45, 2.75) is 13.8 Å². The van der Waals surface area contributed by atoms with Crippen LogP contribution < -0.4 is 4.90 Å². The molecule has 1 aliphatic rings. The maximum absolute atomic E-state index is 13.7. The van der Waals surface area contributed by atoms with E-state index in [2.05, 4.69) is 30.9 Å². The Hall–Kier alpha value is -3.77. The number of para-hydroxylation sites is 1. The van der Waals surface area contributed by atoms with Crippen LogP contribution in [0.15, 0.2) is 72.8 Å². The Morgan fingerprint density at radius 1 is 0.829 bits per heavy atom. The molecule has 6 rings (SSSR count). The Bertz CT molecular complexity index is 1510. The number of carbonyl (C=O) groups is 1. The predicted octanol–water partition coefficient (Wildman–Crippen LogP) is 6.09. The van der Waals surface area contributed by atoms with Gasteiger partial charge >= 0.3 is 0 Å². The van der Waals surface area contributed by atoms with Crippen molar-refractivity contribution in [2.75, 3.05) is 31.1 Å². The number of pyridine rings is 1. The van der Waals surface area contributed by atoms with E-state index in [-0.39, 0.29) is 5.91 Å². The minimum Gasteiger partial charge on any atom is -0.345 e. The lowest BCUT2D eigenvalue weighted by atomic mass is 10.0. The normalized spacial score (nSPS) is 14.1. The van der Waals surface area contributed by atoms with Crippen LogP contribution in [0.3, 0.4) is 0 Å². The molecule has 0 spiro atoms. The van der Waals surface area contributed by atoms with E-state index in [0.29, 0.717) is 18.7 Å². The van der Waals surface area contributed by atoms with Gasteiger partial charge in [0.2, 0.25) is 0 Å². The summed E-state index contributed by atoms with van der Waals surface area (Å²) in [4.78, 5) is 27.8. The number of hydrogen-bond donors (Lipinski definition) is 0. The number of aryl methyl sites for hydroxylation is 2. The number of aromatic nitrogens is 2. The van der Waals surface area contributed by atoms with Gasteiger partial charge in [0.25, 0.3) is 5.91 Å². The van der Waals surface area contributed by atoms with E-state index in [4.69, 9.17) is 9.97 Å². The molecule has 3 heterocycles. The summed E-state index contributed by atoms with van der Waals surface area (Å²) in [7, 11) is 0. The van der Waals surface area contributed by atoms with Crippen LogP contribution in [0.1, 0.15) is 21.5 Å². The molecule has 0 atom stereocenters. The van der Waals surface area contributed by atoms with E-state index in [1.165, 1.54) is 15.8 Å². The molecular weight excluding hydrogens is 452 g/mol. The summed E-state index contributed by atoms with van der Waals surface area (Å²) in [6, 6.07) is 24.2. The van der Waals surface area contributed by atoms with Crippen LogP contribution in [0.4, 0.5) is 5.13 Å². The van der Waals surface area contributed by atoms with E-state index in [1.807, 2.05) is 65.6 Å². The van der Waals surface area contributed by atoms with Crippen molar-refractivity contribution in [1.82, 2.24) is 14.9 Å². The number of piperazine rings is 1. The molecule has 2 aromatic heterocycles. The van der Waals surface area contributed by atoms with Crippen molar-refractivity contribution in [3.63, 3.8) is 0 Å². The molecule has 1 fully saturated rings. The number of nitrogens with zero attached hydrogens (tertiary/aromatic N) is 4. The number of fused-ring (bicyclic) bond motifs is 2. The zero-order valence-electron chi connectivity index (χ0n) is 19.9. The number of carbonyl (C=O) groups excluding carboxylic acids is 1. The summed E-state index contributed by atoms with van der Waals surface area (Å²) < 4.78 is 1.26. The molecule has 3 aromatic carbocycles. The Labute approximate surface area is 208 Å². The number of benzene rings is 3. The Morgan fingerprint density at radius 2 is 1.54 bits per heavy atom. The van der Waals surface area contributed by atoms with Gasteiger partial charge in [0.05, 0.1) is 27.0 Å². The van der Waals surface area contributed by atoms with E-state index < -0.39 is 0 Å². The highest BCUT2D eigenvalue weighted by Crippen LogP contribution is 2.34. The number of thiazole rings is 1. The van der Waals surface area contributed by atoms with E-state index >= 15 is 0 Å². The molecular formula is C29H26N4OS. The number of anilines is 1. The van der Waals surface area contributed by atoms with Gasteiger partial charge in [-0.05, 0) is 37.1 Å². The number of rotatable bonds is 3. The minimum absolute atomic E-state index is 0.0661. The lowest BCUT2D eigenvalue weighted by Crippen LogP contribution is -2.48. The lowest BCUT2D eigenvalue weighted by molar-refractivity contribution is 0.0748. The van der Waals surface area contributed by atoms with E-state index in [0.717, 1.165) is 45.9 Å². The second kappa shape index (κ2) is 8.78. The molecule has 5 nitrogen and oxygen atoms in total. The van der Waals surface area contributed by atoms with Gasteiger partial charge in [0.15, 0.2) is 5.13 Å². The van der Waals surface area contributed by atoms with Gasteiger partial charge in [-0.2, -0.15) is 0 Å². The fourth-order valence-electron chi connectivity index (χ4n) is 4.76. The Morgan fingerprint density at radius 3 is 2.31 bits per heavy atom. The molecule has 0 N–H and O–H groups in total. The molecule has 174 valence electrons. The van der Waals surface area contributed by atoms with Crippen LogP contribution in [0.5, 0.6) is 0 Å². The standard InChI is InChI=1S/C29H26N4OS/c1-19-12-13-20(2)27-26(19)31-29(35-27)33-16-14-32(15-17-33)28(34)23-18-25(21-8-4-3-5-9-21)30-24-11-7-6-10-22(23)24/h3-13,18H,14-17H2,1-2H3.